The summed E-state index contributed by atoms with van der Waals surface area (Å²) in [6.45, 7) is 4.95. The van der Waals surface area contributed by atoms with Crippen LogP contribution in [0.3, 0.4) is 0 Å². The topological polar surface area (TPSA) is 105 Å². The molecule has 0 aliphatic rings. The molecule has 0 radical (unpaired) electrons. The molecular weight excluding hydrogens is 501 g/mol. The van der Waals surface area contributed by atoms with E-state index < -0.39 is 34.3 Å². The molecule has 0 bridgehead atoms. The predicted octanol–water partition coefficient (Wildman–Crippen LogP) is 3.33. The summed E-state index contributed by atoms with van der Waals surface area (Å²) >= 11 is 0. The van der Waals surface area contributed by atoms with Crippen molar-refractivity contribution in [3.05, 3.63) is 53.8 Å². The van der Waals surface area contributed by atoms with Crippen LogP contribution in [0.5, 0.6) is 11.5 Å². The van der Waals surface area contributed by atoms with Gasteiger partial charge in [-0.3, -0.25) is 13.9 Å². The molecule has 0 heterocycles. The highest BCUT2D eigenvalue weighted by atomic mass is 32.2. The maximum Gasteiger partial charge on any atom is 0.244 e. The fourth-order valence-electron chi connectivity index (χ4n) is 3.73. The van der Waals surface area contributed by atoms with E-state index in [0.29, 0.717) is 17.7 Å². The van der Waals surface area contributed by atoms with Crippen molar-refractivity contribution in [2.24, 2.45) is 0 Å². The van der Waals surface area contributed by atoms with Gasteiger partial charge in [-0.1, -0.05) is 26.0 Å². The van der Waals surface area contributed by atoms with Crippen molar-refractivity contribution in [2.45, 2.75) is 52.2 Å². The number of nitrogens with one attached hydrogen (secondary N) is 1. The van der Waals surface area contributed by atoms with Crippen LogP contribution in [0.15, 0.2) is 42.5 Å². The number of rotatable bonds is 13. The molecule has 0 saturated heterocycles. The molecule has 2 aromatic rings. The zero-order valence-electron chi connectivity index (χ0n) is 22.2. The standard InChI is InChI=1S/C26H36FN3O6S/c1-7-18(3)28-26(32)22(8-2)29(16-19-9-11-20(27)12-10-19)25(31)17-30(37(6,33)34)23-15-21(35-4)13-14-24(23)36-5/h9-15,18,22H,7-8,16-17H2,1-6H3,(H,28,32)/t18-,22+/m0/s1. The first kappa shape index (κ1) is 29.9. The maximum atomic E-state index is 13.8. The zero-order valence-corrected chi connectivity index (χ0v) is 23.0. The van der Waals surface area contributed by atoms with Crippen LogP contribution in [0, 0.1) is 5.82 Å². The van der Waals surface area contributed by atoms with Crippen molar-refractivity contribution in [1.29, 1.82) is 0 Å². The van der Waals surface area contributed by atoms with Crippen LogP contribution in [-0.4, -0.2) is 64.2 Å². The molecule has 0 aliphatic heterocycles. The van der Waals surface area contributed by atoms with Crippen LogP contribution >= 0.6 is 0 Å². The Labute approximate surface area is 218 Å². The summed E-state index contributed by atoms with van der Waals surface area (Å²) in [4.78, 5) is 28.2. The van der Waals surface area contributed by atoms with Gasteiger partial charge in [0.1, 0.15) is 29.9 Å². The summed E-state index contributed by atoms with van der Waals surface area (Å²) in [7, 11) is -1.13. The number of benzene rings is 2. The first-order chi connectivity index (χ1) is 17.4. The second-order valence-corrected chi connectivity index (χ2v) is 10.6. The quantitative estimate of drug-likeness (QED) is 0.420. The summed E-state index contributed by atoms with van der Waals surface area (Å²) < 4.78 is 50.7. The summed E-state index contributed by atoms with van der Waals surface area (Å²) in [5.74, 6) is -0.787. The fraction of sp³-hybridized carbons (Fsp3) is 0.462. The zero-order chi connectivity index (χ0) is 27.8. The summed E-state index contributed by atoms with van der Waals surface area (Å²) in [6.07, 6.45) is 1.97. The van der Waals surface area contributed by atoms with Gasteiger partial charge in [-0.2, -0.15) is 0 Å². The molecule has 0 unspecified atom stereocenters. The minimum absolute atomic E-state index is 0.0155. The SMILES string of the molecule is CC[C@H](C(=O)N[C@@H](C)CC)N(Cc1ccc(F)cc1)C(=O)CN(c1cc(OC)ccc1OC)S(C)(=O)=O. The number of sulfonamides is 1. The summed E-state index contributed by atoms with van der Waals surface area (Å²) in [5, 5.41) is 2.90. The fourth-order valence-corrected chi connectivity index (χ4v) is 4.58. The largest absolute Gasteiger partial charge is 0.497 e. The van der Waals surface area contributed by atoms with Crippen molar-refractivity contribution in [3.63, 3.8) is 0 Å². The second kappa shape index (κ2) is 13.3. The molecule has 0 aliphatic carbocycles. The number of ether oxygens (including phenoxy) is 2. The maximum absolute atomic E-state index is 13.8. The lowest BCUT2D eigenvalue weighted by atomic mass is 10.1. The van der Waals surface area contributed by atoms with Gasteiger partial charge < -0.3 is 19.7 Å². The van der Waals surface area contributed by atoms with Crippen molar-refractivity contribution in [3.8, 4) is 11.5 Å². The highest BCUT2D eigenvalue weighted by Crippen LogP contribution is 2.34. The number of carbonyl (C=O) groups excluding carboxylic acids is 2. The lowest BCUT2D eigenvalue weighted by molar-refractivity contribution is -0.140. The lowest BCUT2D eigenvalue weighted by Crippen LogP contribution is -2.53. The molecular formula is C26H36FN3O6S. The van der Waals surface area contributed by atoms with E-state index in [0.717, 1.165) is 10.6 Å². The van der Waals surface area contributed by atoms with Gasteiger partial charge in [0, 0.05) is 18.7 Å². The van der Waals surface area contributed by atoms with Gasteiger partial charge in [0.05, 0.1) is 26.2 Å². The second-order valence-electron chi connectivity index (χ2n) is 8.70. The molecule has 0 aromatic heterocycles. The van der Waals surface area contributed by atoms with Crippen molar-refractivity contribution < 1.29 is 31.9 Å². The van der Waals surface area contributed by atoms with E-state index in [9.17, 15) is 22.4 Å². The number of methoxy groups -OCH3 is 2. The van der Waals surface area contributed by atoms with E-state index >= 15 is 0 Å². The van der Waals surface area contributed by atoms with Gasteiger partial charge in [-0.25, -0.2) is 12.8 Å². The molecule has 204 valence electrons. The molecule has 0 saturated carbocycles. The monoisotopic (exact) mass is 537 g/mol. The van der Waals surface area contributed by atoms with Crippen LogP contribution in [0.1, 0.15) is 39.2 Å². The Morgan fingerprint density at radius 3 is 2.19 bits per heavy atom. The van der Waals surface area contributed by atoms with Crippen molar-refractivity contribution in [1.82, 2.24) is 10.2 Å². The third-order valence-electron chi connectivity index (χ3n) is 5.99. The highest BCUT2D eigenvalue weighted by Gasteiger charge is 2.33. The number of anilines is 1. The van der Waals surface area contributed by atoms with Crippen LogP contribution < -0.4 is 19.1 Å². The first-order valence-electron chi connectivity index (χ1n) is 12.0. The number of hydrogen-bond acceptors (Lipinski definition) is 6. The summed E-state index contributed by atoms with van der Waals surface area (Å²) in [6, 6.07) is 9.20. The molecule has 2 aromatic carbocycles. The van der Waals surface area contributed by atoms with Crippen LogP contribution in [0.4, 0.5) is 10.1 Å². The number of nitrogens with zero attached hydrogens (tertiary/aromatic N) is 2. The summed E-state index contributed by atoms with van der Waals surface area (Å²) in [5.41, 5.74) is 0.714. The van der Waals surface area contributed by atoms with Gasteiger partial charge in [0.15, 0.2) is 0 Å². The van der Waals surface area contributed by atoms with Gasteiger partial charge in [0.25, 0.3) is 0 Å². The minimum Gasteiger partial charge on any atom is -0.497 e. The molecule has 0 spiro atoms. The molecule has 2 amide bonds. The van der Waals surface area contributed by atoms with E-state index in [2.05, 4.69) is 5.32 Å². The Hall–Kier alpha value is -3.34. The van der Waals surface area contributed by atoms with Crippen LogP contribution in [0.25, 0.3) is 0 Å². The minimum atomic E-state index is -3.96. The Bertz CT molecular complexity index is 1170. The molecule has 2 atom stereocenters. The van der Waals surface area contributed by atoms with Crippen LogP contribution in [-0.2, 0) is 26.2 Å². The average Bonchev–Trinajstić information content (AvgIpc) is 2.86. The molecule has 9 nitrogen and oxygen atoms in total. The first-order valence-corrected chi connectivity index (χ1v) is 13.8. The Morgan fingerprint density at radius 1 is 1.03 bits per heavy atom. The smallest absolute Gasteiger partial charge is 0.244 e. The van der Waals surface area contributed by atoms with E-state index in [-0.39, 0.29) is 36.4 Å². The molecule has 1 N–H and O–H groups in total. The predicted molar refractivity (Wildman–Crippen MR) is 141 cm³/mol. The molecule has 11 heteroatoms. The van der Waals surface area contributed by atoms with Crippen molar-refractivity contribution >= 4 is 27.5 Å². The highest BCUT2D eigenvalue weighted by molar-refractivity contribution is 7.92. The van der Waals surface area contributed by atoms with E-state index in [1.165, 1.54) is 49.5 Å². The number of carbonyl (C=O) groups is 2. The van der Waals surface area contributed by atoms with Crippen molar-refractivity contribution in [2.75, 3.05) is 31.3 Å². The van der Waals surface area contributed by atoms with Gasteiger partial charge in [-0.05, 0) is 49.6 Å². The molecule has 2 rings (SSSR count). The van der Waals surface area contributed by atoms with Gasteiger partial charge in [0.2, 0.25) is 21.8 Å². The van der Waals surface area contributed by atoms with E-state index in [1.807, 2.05) is 13.8 Å². The molecule has 0 fully saturated rings. The normalized spacial score (nSPS) is 12.8. The van der Waals surface area contributed by atoms with Gasteiger partial charge in [-0.15, -0.1) is 0 Å². The Morgan fingerprint density at radius 2 is 1.68 bits per heavy atom. The Kier molecular flexibility index (Phi) is 10.7. The number of amides is 2. The van der Waals surface area contributed by atoms with Crippen LogP contribution in [0.2, 0.25) is 0 Å². The third kappa shape index (κ3) is 8.08. The third-order valence-corrected chi connectivity index (χ3v) is 7.11. The number of hydrogen-bond donors (Lipinski definition) is 1. The van der Waals surface area contributed by atoms with E-state index in [1.54, 1.807) is 19.1 Å². The van der Waals surface area contributed by atoms with Gasteiger partial charge >= 0.3 is 0 Å². The average molecular weight is 538 g/mol. The lowest BCUT2D eigenvalue weighted by Gasteiger charge is -2.33. The van der Waals surface area contributed by atoms with E-state index in [4.69, 9.17) is 9.47 Å². The Balaban J connectivity index is 2.52. The molecule has 37 heavy (non-hydrogen) atoms. The number of halogens is 1.